The SMILES string of the molecule is CCCC[C@H](NC(=O)[C@H](CCC(=O)O)NC(=O)[C@H](CCCNC(=N)N)NC(=O)[C@H](Cc1ccc(O)cc1)NC(=O)[C@H](CCCCN)NC(=O)[C@H](C)NC(=O)[C@]1(C)CCC/C=C\CCC[C@](C)(NC(=O)[C@@H](NC(=O)[C@H](CCCCN)NC(=O)[C@H](Cc2ccccc2)NC(=O)CCNC(C)=O)C(C)C)C(=O)N[C@@H](CCCNC(=N)N)C(=O)N[C@@H](CCCNC(=N)N)C(=O)N[C@@H](CO)C(=O)N1)C(=O)N[C@@H](CC(C)C)C(N)=O. The summed E-state index contributed by atoms with van der Waals surface area (Å²) in [6, 6.07) is -5.43. The van der Waals surface area contributed by atoms with E-state index in [1.807, 2.05) is 6.92 Å². The highest BCUT2D eigenvalue weighted by atomic mass is 16.4. The van der Waals surface area contributed by atoms with Crippen molar-refractivity contribution < 1.29 is 102 Å². The number of hydrogen-bond acceptors (Lipinski definition) is 25. The van der Waals surface area contributed by atoms with Crippen LogP contribution in [0.25, 0.3) is 0 Å². The summed E-state index contributed by atoms with van der Waals surface area (Å²) >= 11 is 0. The van der Waals surface area contributed by atoms with Gasteiger partial charge in [0.15, 0.2) is 17.9 Å². The highest BCUT2D eigenvalue weighted by molar-refractivity contribution is 6.02. The van der Waals surface area contributed by atoms with E-state index in [4.69, 9.17) is 50.6 Å². The van der Waals surface area contributed by atoms with Crippen molar-refractivity contribution in [3.05, 3.63) is 77.9 Å². The van der Waals surface area contributed by atoms with E-state index in [9.17, 15) is 72.9 Å². The maximum absolute atomic E-state index is 15.3. The number of carbonyl (C=O) groups is 18. The average molecular weight is 2030 g/mol. The van der Waals surface area contributed by atoms with Gasteiger partial charge in [0.2, 0.25) is 100 Å². The number of amides is 17. The number of guanidine groups is 3. The molecule has 0 radical (unpaired) electrons. The molecule has 49 heteroatoms. The van der Waals surface area contributed by atoms with Crippen LogP contribution in [0.1, 0.15) is 234 Å². The summed E-state index contributed by atoms with van der Waals surface area (Å²) in [4.78, 5) is 256. The molecule has 144 heavy (non-hydrogen) atoms. The number of phenolic OH excluding ortho intramolecular Hbond substituents is 1. The summed E-state index contributed by atoms with van der Waals surface area (Å²) in [7, 11) is 0. The third-order valence-electron chi connectivity index (χ3n) is 23.7. The molecule has 2 aromatic carbocycles. The molecule has 37 N–H and O–H groups in total. The molecule has 2 aromatic rings. The Bertz CT molecular complexity index is 4610. The van der Waals surface area contributed by atoms with Crippen LogP contribution in [0.3, 0.4) is 0 Å². The summed E-state index contributed by atoms with van der Waals surface area (Å²) in [5.41, 5.74) is 31.2. The monoisotopic (exact) mass is 2030 g/mol. The number of aromatic hydroxyl groups is 1. The third kappa shape index (κ3) is 48.3. The number of primary amides is 1. The van der Waals surface area contributed by atoms with Crippen LogP contribution in [-0.2, 0) is 99.1 Å². The van der Waals surface area contributed by atoms with Gasteiger partial charge in [-0.25, -0.2) is 0 Å². The molecular formula is C95H158N28O21. The number of unbranched alkanes of at least 4 members (excludes halogenated alkanes) is 3. The van der Waals surface area contributed by atoms with E-state index >= 15 is 28.8 Å². The number of rotatable bonds is 59. The molecule has 1 aliphatic heterocycles. The minimum Gasteiger partial charge on any atom is -0.508 e. The predicted molar refractivity (Wildman–Crippen MR) is 536 cm³/mol. The molecule has 17 amide bonds. The first-order valence-corrected chi connectivity index (χ1v) is 49.2. The predicted octanol–water partition coefficient (Wildman–Crippen LogP) is -4.03. The Kier molecular flexibility index (Phi) is 57.0. The Morgan fingerprint density at radius 3 is 1.36 bits per heavy atom. The highest BCUT2D eigenvalue weighted by Gasteiger charge is 2.44. The number of hydrogen-bond donors (Lipinski definition) is 31. The van der Waals surface area contributed by atoms with E-state index in [2.05, 4.69) is 101 Å². The van der Waals surface area contributed by atoms with E-state index in [1.165, 1.54) is 52.0 Å². The molecular weight excluding hydrogens is 1870 g/mol. The number of aliphatic hydroxyl groups is 1. The molecule has 1 heterocycles. The number of benzene rings is 2. The van der Waals surface area contributed by atoms with Crippen molar-refractivity contribution in [2.24, 2.45) is 46.2 Å². The van der Waals surface area contributed by atoms with Gasteiger partial charge in [-0.1, -0.05) is 102 Å². The van der Waals surface area contributed by atoms with Gasteiger partial charge in [-0.15, -0.1) is 0 Å². The molecule has 15 atom stereocenters. The molecule has 0 fully saturated rings. The molecule has 1 aliphatic rings. The Morgan fingerprint density at radius 1 is 0.465 bits per heavy atom. The van der Waals surface area contributed by atoms with Gasteiger partial charge in [-0.05, 0) is 204 Å². The number of carboxylic acid groups (broad SMARTS) is 1. The van der Waals surface area contributed by atoms with Crippen molar-refractivity contribution in [3.8, 4) is 5.75 Å². The Morgan fingerprint density at radius 2 is 0.896 bits per heavy atom. The lowest BCUT2D eigenvalue weighted by Crippen LogP contribution is -2.65. The second-order valence-electron chi connectivity index (χ2n) is 37.1. The molecule has 0 saturated heterocycles. The first kappa shape index (κ1) is 124. The van der Waals surface area contributed by atoms with Crippen LogP contribution < -0.4 is 135 Å². The van der Waals surface area contributed by atoms with Gasteiger partial charge in [0.1, 0.15) is 95.4 Å². The second-order valence-corrected chi connectivity index (χ2v) is 37.1. The summed E-state index contributed by atoms with van der Waals surface area (Å²) in [6.45, 7) is 13.0. The Balaban J connectivity index is 2.17. The Labute approximate surface area is 840 Å². The number of allylic oxidation sites excluding steroid dienone is 2. The number of nitrogens with one attached hydrogen (secondary N) is 22. The largest absolute Gasteiger partial charge is 0.508 e. The molecule has 0 spiro atoms. The standard InChI is InChI=1S/C95H158N28O21/c1-10-11-30-62(79(133)117-69(76(98)130)51-55(2)3)112-83(137)68(40-41-74(128)129)116-78(132)65(33-25-47-106-91(99)100)115-86(140)71(53-60-36-38-61(126)39-37-60)118-80(134)63(31-19-23-45-96)111-77(131)57(6)109-89(143)94(8)43-21-14-12-13-15-22-44-95(9,90(144)120-67(35-27-49-108-93(103)104)82(136)113-66(34-26-48-107-92(101)102)81(135)119-72(54-124)87(141)122-94)123-88(142)75(56(4)5)121-84(138)64(32-20-24-46-97)114-85(139)70(52-59-28-17-16-18-29-59)110-73(127)42-50-105-58(7)125/h12-13,16-18,28-29,36-39,55-57,62-72,75,124,126H,10-11,14-15,19-27,30-35,40-54,96-97H2,1-9H3,(H2,98,130)(H,105,125)(H,109,143)(H,110,127)(H,111,131)(H,112,137)(H,113,136)(H,114,139)(H,115,140)(H,116,132)(H,117,133)(H,118,134)(H,119,135)(H,120,144)(H,121,138)(H,122,141)(H,123,142)(H,128,129)(H4,99,100,106)(H4,101,102,107)(H4,103,104,108)/b13-12-/t57-,62-,63-,64-,65-,66-,67-,68-,69-,70-,71-,72-,75-,94-,95-/m0/s1. The smallest absolute Gasteiger partial charge is 0.303 e. The second kappa shape index (κ2) is 66.1. The van der Waals surface area contributed by atoms with Crippen LogP contribution in [-0.4, -0.2) is 275 Å². The van der Waals surface area contributed by atoms with Crippen molar-refractivity contribution >= 4 is 124 Å². The van der Waals surface area contributed by atoms with Gasteiger partial charge in [-0.3, -0.25) is 103 Å². The molecule has 0 bridgehead atoms. The van der Waals surface area contributed by atoms with Crippen LogP contribution in [0, 0.1) is 28.1 Å². The Hall–Kier alpha value is -13.9. The van der Waals surface area contributed by atoms with Crippen LogP contribution in [0.15, 0.2) is 66.7 Å². The van der Waals surface area contributed by atoms with Crippen molar-refractivity contribution in [3.63, 3.8) is 0 Å². The minimum absolute atomic E-state index is 0.00407. The minimum atomic E-state index is -2.05. The highest BCUT2D eigenvalue weighted by Crippen LogP contribution is 2.23. The molecule has 0 aromatic heterocycles. The maximum Gasteiger partial charge on any atom is 0.303 e. The fourth-order valence-electron chi connectivity index (χ4n) is 15.4. The zero-order valence-electron chi connectivity index (χ0n) is 84.2. The van der Waals surface area contributed by atoms with Crippen molar-refractivity contribution in [1.82, 2.24) is 101 Å². The lowest BCUT2D eigenvalue weighted by atomic mass is 9.91. The van der Waals surface area contributed by atoms with Gasteiger partial charge >= 0.3 is 5.97 Å². The third-order valence-corrected chi connectivity index (χ3v) is 23.7. The van der Waals surface area contributed by atoms with Crippen LogP contribution in [0.4, 0.5) is 0 Å². The van der Waals surface area contributed by atoms with E-state index < -0.39 is 233 Å². The summed E-state index contributed by atoms with van der Waals surface area (Å²) in [6.07, 6.45) is 3.35. The van der Waals surface area contributed by atoms with E-state index in [1.54, 1.807) is 70.2 Å². The summed E-state index contributed by atoms with van der Waals surface area (Å²) in [5, 5.41) is 105. The molecule has 804 valence electrons. The maximum atomic E-state index is 15.3. The zero-order chi connectivity index (χ0) is 108. The topological polar surface area (TPSA) is 824 Å². The van der Waals surface area contributed by atoms with Crippen LogP contribution in [0.5, 0.6) is 5.75 Å². The van der Waals surface area contributed by atoms with Gasteiger partial charge in [0.25, 0.3) is 0 Å². The first-order valence-electron chi connectivity index (χ1n) is 49.2. The number of carboxylic acids is 1. The van der Waals surface area contributed by atoms with Gasteiger partial charge < -0.3 is 151 Å². The number of aliphatic carboxylic acids is 1. The first-order chi connectivity index (χ1) is 68.1. The zero-order valence-corrected chi connectivity index (χ0v) is 84.2. The molecule has 0 unspecified atom stereocenters. The quantitative estimate of drug-likeness (QED) is 0.0130. The molecule has 3 rings (SSSR count). The molecule has 0 saturated carbocycles. The summed E-state index contributed by atoms with van der Waals surface area (Å²) in [5.74, 6) is -19.0. The average Bonchev–Trinajstić information content (AvgIpc) is 0.834. The van der Waals surface area contributed by atoms with E-state index in [0.717, 1.165) is 0 Å². The van der Waals surface area contributed by atoms with Crippen molar-refractivity contribution in [2.75, 3.05) is 45.9 Å². The fraction of sp³-hybridized carbons (Fsp3) is 0.632. The van der Waals surface area contributed by atoms with Gasteiger partial charge in [0, 0.05) is 58.8 Å². The summed E-state index contributed by atoms with van der Waals surface area (Å²) < 4.78 is 0. The van der Waals surface area contributed by atoms with Crippen molar-refractivity contribution in [2.45, 2.75) is 325 Å². The number of phenols is 1. The van der Waals surface area contributed by atoms with Gasteiger partial charge in [0.05, 0.1) is 6.61 Å². The lowest BCUT2D eigenvalue weighted by molar-refractivity contribution is -0.139. The molecule has 0 aliphatic carbocycles. The lowest BCUT2D eigenvalue weighted by Gasteiger charge is -2.34. The number of carbonyl (C=O) groups excluding carboxylic acids is 17. The number of aliphatic hydroxyl groups excluding tert-OH is 1. The van der Waals surface area contributed by atoms with E-state index in [0.29, 0.717) is 43.2 Å². The normalized spacial score (nSPS) is 18.7. The van der Waals surface area contributed by atoms with Crippen molar-refractivity contribution in [1.29, 1.82) is 16.2 Å². The molecule has 49 nitrogen and oxygen atoms in total. The van der Waals surface area contributed by atoms with E-state index in [-0.39, 0.29) is 185 Å². The van der Waals surface area contributed by atoms with Gasteiger partial charge in [-0.2, -0.15) is 0 Å². The fourth-order valence-corrected chi connectivity index (χ4v) is 15.4. The van der Waals surface area contributed by atoms with Crippen LogP contribution in [0.2, 0.25) is 0 Å². The number of nitrogens with two attached hydrogens (primary N) is 6. The van der Waals surface area contributed by atoms with Crippen LogP contribution >= 0.6 is 0 Å².